The number of carbonyl (C=O) groups is 2. The molecule has 2 N–H and O–H groups in total. The molecule has 5 heterocycles. The first-order chi connectivity index (χ1) is 17.3. The first-order valence-electron chi connectivity index (χ1n) is 11.5. The molecule has 0 radical (unpaired) electrons. The van der Waals surface area contributed by atoms with E-state index in [4.69, 9.17) is 5.73 Å². The molecule has 2 aliphatic heterocycles. The highest BCUT2D eigenvalue weighted by Gasteiger charge is 2.33. The minimum Gasteiger partial charge on any atom is -0.365 e. The molecule has 0 bridgehead atoms. The number of hydrazone groups is 1. The normalized spacial score (nSPS) is 17.6. The van der Waals surface area contributed by atoms with Crippen molar-refractivity contribution < 1.29 is 14.0 Å². The third-order valence-corrected chi connectivity index (χ3v) is 6.35. The van der Waals surface area contributed by atoms with Gasteiger partial charge in [-0.2, -0.15) is 15.2 Å². The van der Waals surface area contributed by atoms with E-state index in [0.29, 0.717) is 66.9 Å². The Morgan fingerprint density at radius 1 is 1.14 bits per heavy atom. The minimum absolute atomic E-state index is 0.242. The second-order valence-corrected chi connectivity index (χ2v) is 8.62. The van der Waals surface area contributed by atoms with E-state index in [9.17, 15) is 14.0 Å². The van der Waals surface area contributed by atoms with Crippen molar-refractivity contribution in [2.24, 2.45) is 10.8 Å². The van der Waals surface area contributed by atoms with Gasteiger partial charge in [0.15, 0.2) is 5.82 Å². The van der Waals surface area contributed by atoms with E-state index in [1.54, 1.807) is 48.1 Å². The molecule has 13 heteroatoms. The van der Waals surface area contributed by atoms with Crippen LogP contribution in [0.15, 0.2) is 35.8 Å². The molecule has 3 aromatic rings. The van der Waals surface area contributed by atoms with Gasteiger partial charge in [-0.1, -0.05) is 0 Å². The van der Waals surface area contributed by atoms with Gasteiger partial charge in [0.25, 0.3) is 5.91 Å². The van der Waals surface area contributed by atoms with Crippen LogP contribution in [0.2, 0.25) is 0 Å². The maximum absolute atomic E-state index is 13.7. The van der Waals surface area contributed by atoms with E-state index in [-0.39, 0.29) is 12.1 Å². The number of pyridine rings is 1. The van der Waals surface area contributed by atoms with Crippen LogP contribution in [0.25, 0.3) is 5.82 Å². The summed E-state index contributed by atoms with van der Waals surface area (Å²) in [5.41, 5.74) is 7.60. The van der Waals surface area contributed by atoms with E-state index in [2.05, 4.69) is 25.2 Å². The zero-order valence-electron chi connectivity index (χ0n) is 19.9. The molecule has 1 saturated heterocycles. The highest BCUT2D eigenvalue weighted by molar-refractivity contribution is 5.95. The highest BCUT2D eigenvalue weighted by Crippen LogP contribution is 2.29. The molecule has 1 atom stereocenters. The fraction of sp³-hybridized carbons (Fsp3) is 0.348. The third-order valence-electron chi connectivity index (χ3n) is 6.35. The summed E-state index contributed by atoms with van der Waals surface area (Å²) in [6.45, 7) is 5.41. The number of piperazine rings is 1. The SMILES string of the molecule is Cc1nn(-c2ccnc(N3CCN(C(=O)N4N=CCC4c4cncc(F)c4)CC3)n2)c(C)c1C(N)=O. The number of rotatable bonds is 4. The maximum Gasteiger partial charge on any atom is 0.341 e. The molecular formula is C23H25FN10O2. The van der Waals surface area contributed by atoms with Crippen molar-refractivity contribution >= 4 is 24.1 Å². The molecule has 1 unspecified atom stereocenters. The van der Waals surface area contributed by atoms with Crippen LogP contribution in [0, 0.1) is 19.7 Å². The second kappa shape index (κ2) is 9.32. The Hall–Kier alpha value is -4.42. The first-order valence-corrected chi connectivity index (χ1v) is 11.5. The standard InChI is InChI=1S/C23H25FN10O2/c1-14-20(21(25)35)15(2)33(30-14)19-4-5-27-22(29-19)31-7-9-32(10-8-31)23(36)34-18(3-6-28-34)16-11-17(24)13-26-12-16/h4-6,11-13,18H,3,7-10H2,1-2H3,(H2,25,35). The number of nitrogens with zero attached hydrogens (tertiary/aromatic N) is 9. The lowest BCUT2D eigenvalue weighted by atomic mass is 10.1. The van der Waals surface area contributed by atoms with Crippen molar-refractivity contribution in [2.45, 2.75) is 26.3 Å². The van der Waals surface area contributed by atoms with Crippen molar-refractivity contribution in [1.29, 1.82) is 0 Å². The monoisotopic (exact) mass is 492 g/mol. The fourth-order valence-corrected chi connectivity index (χ4v) is 4.56. The maximum atomic E-state index is 13.7. The van der Waals surface area contributed by atoms with Crippen LogP contribution in [-0.2, 0) is 0 Å². The van der Waals surface area contributed by atoms with Gasteiger partial charge < -0.3 is 15.5 Å². The van der Waals surface area contributed by atoms with Gasteiger partial charge in [-0.25, -0.2) is 23.9 Å². The molecule has 3 aromatic heterocycles. The van der Waals surface area contributed by atoms with E-state index in [0.717, 1.165) is 6.20 Å². The molecule has 36 heavy (non-hydrogen) atoms. The Kier molecular flexibility index (Phi) is 6.04. The second-order valence-electron chi connectivity index (χ2n) is 8.62. The number of hydrogen-bond donors (Lipinski definition) is 1. The molecule has 0 saturated carbocycles. The number of halogens is 1. The summed E-state index contributed by atoms with van der Waals surface area (Å²) in [5, 5.41) is 10.0. The molecule has 1 fully saturated rings. The average molecular weight is 493 g/mol. The average Bonchev–Trinajstić information content (AvgIpc) is 3.48. The minimum atomic E-state index is -0.537. The van der Waals surface area contributed by atoms with E-state index < -0.39 is 11.7 Å². The number of nitrogens with two attached hydrogens (primary N) is 1. The summed E-state index contributed by atoms with van der Waals surface area (Å²) < 4.78 is 15.2. The zero-order chi connectivity index (χ0) is 25.4. The van der Waals surface area contributed by atoms with Crippen molar-refractivity contribution in [1.82, 2.24) is 34.6 Å². The molecule has 186 valence electrons. The van der Waals surface area contributed by atoms with Crippen LogP contribution in [0.3, 0.4) is 0 Å². The van der Waals surface area contributed by atoms with Crippen LogP contribution >= 0.6 is 0 Å². The number of amides is 3. The molecular weight excluding hydrogens is 467 g/mol. The topological polar surface area (TPSA) is 139 Å². The molecule has 0 spiro atoms. The van der Waals surface area contributed by atoms with Crippen LogP contribution in [-0.4, -0.2) is 79.0 Å². The number of aryl methyl sites for hydroxylation is 1. The predicted molar refractivity (Wildman–Crippen MR) is 128 cm³/mol. The Morgan fingerprint density at radius 3 is 2.61 bits per heavy atom. The van der Waals surface area contributed by atoms with E-state index in [1.807, 2.05) is 4.90 Å². The fourth-order valence-electron chi connectivity index (χ4n) is 4.56. The molecule has 5 rings (SSSR count). The van der Waals surface area contributed by atoms with Crippen LogP contribution < -0.4 is 10.6 Å². The lowest BCUT2D eigenvalue weighted by Crippen LogP contribution is -2.52. The Morgan fingerprint density at radius 2 is 1.92 bits per heavy atom. The van der Waals surface area contributed by atoms with Crippen molar-refractivity contribution in [3.05, 3.63) is 59.1 Å². The highest BCUT2D eigenvalue weighted by atomic mass is 19.1. The van der Waals surface area contributed by atoms with Crippen LogP contribution in [0.5, 0.6) is 0 Å². The van der Waals surface area contributed by atoms with E-state index >= 15 is 0 Å². The van der Waals surface area contributed by atoms with Crippen LogP contribution in [0.1, 0.15) is 39.8 Å². The van der Waals surface area contributed by atoms with Gasteiger partial charge in [-0.15, -0.1) is 0 Å². The van der Waals surface area contributed by atoms with Gasteiger partial charge in [0.1, 0.15) is 5.82 Å². The van der Waals surface area contributed by atoms with Gasteiger partial charge in [0.05, 0.1) is 29.2 Å². The quantitative estimate of drug-likeness (QED) is 0.583. The number of hydrogen-bond acceptors (Lipinski definition) is 8. The predicted octanol–water partition coefficient (Wildman–Crippen LogP) is 1.59. The van der Waals surface area contributed by atoms with Gasteiger partial charge in [-0.3, -0.25) is 9.78 Å². The number of urea groups is 1. The smallest absolute Gasteiger partial charge is 0.341 e. The summed E-state index contributed by atoms with van der Waals surface area (Å²) in [7, 11) is 0. The van der Waals surface area contributed by atoms with E-state index in [1.165, 1.54) is 11.1 Å². The summed E-state index contributed by atoms with van der Waals surface area (Å²) >= 11 is 0. The zero-order valence-corrected chi connectivity index (χ0v) is 19.9. The molecule has 0 aliphatic carbocycles. The Labute approximate surface area is 206 Å². The summed E-state index contributed by atoms with van der Waals surface area (Å²) in [6, 6.07) is 2.46. The number of primary amides is 1. The number of aromatic nitrogens is 5. The van der Waals surface area contributed by atoms with Gasteiger partial charge in [0.2, 0.25) is 5.95 Å². The molecule has 0 aromatic carbocycles. The first kappa shape index (κ1) is 23.3. The Balaban J connectivity index is 1.27. The summed E-state index contributed by atoms with van der Waals surface area (Å²) in [5.74, 6) is 0.0266. The van der Waals surface area contributed by atoms with Gasteiger partial charge >= 0.3 is 6.03 Å². The van der Waals surface area contributed by atoms with Crippen molar-refractivity contribution in [3.8, 4) is 5.82 Å². The molecule has 3 amide bonds. The molecule has 2 aliphatic rings. The third kappa shape index (κ3) is 4.23. The van der Waals surface area contributed by atoms with Crippen molar-refractivity contribution in [3.63, 3.8) is 0 Å². The lowest BCUT2D eigenvalue weighted by Gasteiger charge is -2.37. The molecule has 12 nitrogen and oxygen atoms in total. The lowest BCUT2D eigenvalue weighted by molar-refractivity contribution is 0.0999. The largest absolute Gasteiger partial charge is 0.365 e. The van der Waals surface area contributed by atoms with Crippen molar-refractivity contribution in [2.75, 3.05) is 31.1 Å². The summed E-state index contributed by atoms with van der Waals surface area (Å²) in [6.07, 6.45) is 6.48. The van der Waals surface area contributed by atoms with Gasteiger partial charge in [-0.05, 0) is 25.5 Å². The number of carbonyl (C=O) groups excluding carboxylic acids is 2. The van der Waals surface area contributed by atoms with Gasteiger partial charge in [0, 0.05) is 57.3 Å². The number of anilines is 1. The Bertz CT molecular complexity index is 1350. The van der Waals surface area contributed by atoms with Crippen LogP contribution in [0.4, 0.5) is 15.1 Å². The summed E-state index contributed by atoms with van der Waals surface area (Å²) in [4.78, 5) is 41.6.